The summed E-state index contributed by atoms with van der Waals surface area (Å²) in [6.45, 7) is 0.846. The van der Waals surface area contributed by atoms with Gasteiger partial charge in [-0.2, -0.15) is 0 Å². The SMILES string of the molecule is c1ccc(Oc2ccc(OCC3CC3)cc2)cc1. The summed E-state index contributed by atoms with van der Waals surface area (Å²) in [7, 11) is 0. The van der Waals surface area contributed by atoms with E-state index in [0.29, 0.717) is 0 Å². The summed E-state index contributed by atoms with van der Waals surface area (Å²) in [6, 6.07) is 17.6. The van der Waals surface area contributed by atoms with Gasteiger partial charge in [-0.15, -0.1) is 0 Å². The largest absolute Gasteiger partial charge is 0.493 e. The normalized spacial score (nSPS) is 14.2. The highest BCUT2D eigenvalue weighted by molar-refractivity contribution is 5.35. The van der Waals surface area contributed by atoms with Gasteiger partial charge in [0.05, 0.1) is 6.61 Å². The Balaban J connectivity index is 1.59. The molecule has 0 amide bonds. The Morgan fingerprint density at radius 1 is 0.778 bits per heavy atom. The molecule has 3 rings (SSSR count). The van der Waals surface area contributed by atoms with Gasteiger partial charge in [-0.3, -0.25) is 0 Å². The Kier molecular flexibility index (Phi) is 3.18. The molecule has 0 unspecified atom stereocenters. The molecule has 0 saturated heterocycles. The second-order valence-corrected chi connectivity index (χ2v) is 4.64. The predicted octanol–water partition coefficient (Wildman–Crippen LogP) is 4.27. The van der Waals surface area contributed by atoms with E-state index >= 15 is 0 Å². The number of hydrogen-bond donors (Lipinski definition) is 0. The molecule has 0 aliphatic heterocycles. The fourth-order valence-corrected chi connectivity index (χ4v) is 1.73. The highest BCUT2D eigenvalue weighted by atomic mass is 16.5. The number of ether oxygens (including phenoxy) is 2. The van der Waals surface area contributed by atoms with Crippen LogP contribution in [-0.2, 0) is 0 Å². The zero-order valence-electron chi connectivity index (χ0n) is 10.2. The molecule has 1 aliphatic carbocycles. The number of rotatable bonds is 5. The summed E-state index contributed by atoms with van der Waals surface area (Å²) in [5, 5.41) is 0. The van der Waals surface area contributed by atoms with Gasteiger partial charge in [0.15, 0.2) is 0 Å². The Hall–Kier alpha value is -1.96. The molecule has 2 aromatic rings. The lowest BCUT2D eigenvalue weighted by molar-refractivity contribution is 0.299. The Morgan fingerprint density at radius 3 is 2.06 bits per heavy atom. The lowest BCUT2D eigenvalue weighted by Crippen LogP contribution is -1.98. The van der Waals surface area contributed by atoms with Crippen LogP contribution in [0.2, 0.25) is 0 Å². The van der Waals surface area contributed by atoms with E-state index in [4.69, 9.17) is 9.47 Å². The van der Waals surface area contributed by atoms with E-state index in [0.717, 1.165) is 29.8 Å². The van der Waals surface area contributed by atoms with Gasteiger partial charge in [-0.25, -0.2) is 0 Å². The molecule has 0 aromatic heterocycles. The van der Waals surface area contributed by atoms with Crippen LogP contribution in [-0.4, -0.2) is 6.61 Å². The van der Waals surface area contributed by atoms with Gasteiger partial charge in [-0.05, 0) is 55.2 Å². The fraction of sp³-hybridized carbons (Fsp3) is 0.250. The zero-order chi connectivity index (χ0) is 12.2. The maximum Gasteiger partial charge on any atom is 0.127 e. The van der Waals surface area contributed by atoms with Crippen molar-refractivity contribution in [1.29, 1.82) is 0 Å². The molecular formula is C16H16O2. The van der Waals surface area contributed by atoms with Crippen LogP contribution in [0.3, 0.4) is 0 Å². The van der Waals surface area contributed by atoms with Crippen molar-refractivity contribution in [3.63, 3.8) is 0 Å². The van der Waals surface area contributed by atoms with Crippen molar-refractivity contribution in [2.24, 2.45) is 5.92 Å². The first-order chi connectivity index (χ1) is 8.90. The van der Waals surface area contributed by atoms with Crippen LogP contribution in [0.5, 0.6) is 17.2 Å². The lowest BCUT2D eigenvalue weighted by atomic mass is 10.3. The minimum atomic E-state index is 0.783. The van der Waals surface area contributed by atoms with E-state index in [1.807, 2.05) is 54.6 Å². The molecule has 0 bridgehead atoms. The minimum Gasteiger partial charge on any atom is -0.493 e. The Morgan fingerprint density at radius 2 is 1.39 bits per heavy atom. The van der Waals surface area contributed by atoms with Crippen LogP contribution in [0.1, 0.15) is 12.8 Å². The van der Waals surface area contributed by atoms with E-state index in [1.54, 1.807) is 0 Å². The molecule has 92 valence electrons. The van der Waals surface area contributed by atoms with Gasteiger partial charge < -0.3 is 9.47 Å². The van der Waals surface area contributed by atoms with Crippen molar-refractivity contribution in [2.45, 2.75) is 12.8 Å². The molecule has 0 atom stereocenters. The van der Waals surface area contributed by atoms with Crippen LogP contribution >= 0.6 is 0 Å². The van der Waals surface area contributed by atoms with Crippen LogP contribution in [0.4, 0.5) is 0 Å². The summed E-state index contributed by atoms with van der Waals surface area (Å²) >= 11 is 0. The molecule has 0 radical (unpaired) electrons. The van der Waals surface area contributed by atoms with Gasteiger partial charge >= 0.3 is 0 Å². The van der Waals surface area contributed by atoms with Crippen LogP contribution in [0.15, 0.2) is 54.6 Å². The highest BCUT2D eigenvalue weighted by Gasteiger charge is 2.21. The van der Waals surface area contributed by atoms with Crippen molar-refractivity contribution in [2.75, 3.05) is 6.61 Å². The van der Waals surface area contributed by atoms with E-state index in [-0.39, 0.29) is 0 Å². The van der Waals surface area contributed by atoms with E-state index < -0.39 is 0 Å². The third-order valence-corrected chi connectivity index (χ3v) is 2.99. The molecule has 1 fully saturated rings. The summed E-state index contributed by atoms with van der Waals surface area (Å²) in [4.78, 5) is 0. The Bertz CT molecular complexity index is 486. The summed E-state index contributed by atoms with van der Waals surface area (Å²) in [6.07, 6.45) is 2.63. The van der Waals surface area contributed by atoms with E-state index in [1.165, 1.54) is 12.8 Å². The molecular weight excluding hydrogens is 224 g/mol. The van der Waals surface area contributed by atoms with Gasteiger partial charge in [0.2, 0.25) is 0 Å². The molecule has 0 spiro atoms. The quantitative estimate of drug-likeness (QED) is 0.777. The second-order valence-electron chi connectivity index (χ2n) is 4.64. The van der Waals surface area contributed by atoms with E-state index in [9.17, 15) is 0 Å². The molecule has 0 heterocycles. The van der Waals surface area contributed by atoms with Crippen molar-refractivity contribution < 1.29 is 9.47 Å². The highest BCUT2D eigenvalue weighted by Crippen LogP contribution is 2.30. The molecule has 18 heavy (non-hydrogen) atoms. The molecule has 0 N–H and O–H groups in total. The first-order valence-corrected chi connectivity index (χ1v) is 6.36. The summed E-state index contributed by atoms with van der Waals surface area (Å²) < 4.78 is 11.4. The smallest absolute Gasteiger partial charge is 0.127 e. The minimum absolute atomic E-state index is 0.783. The third kappa shape index (κ3) is 3.04. The summed E-state index contributed by atoms with van der Waals surface area (Å²) in [5.74, 6) is 3.39. The van der Waals surface area contributed by atoms with Gasteiger partial charge in [0.25, 0.3) is 0 Å². The number of para-hydroxylation sites is 1. The standard InChI is InChI=1S/C16H16O2/c1-2-4-15(5-3-1)18-16-10-8-14(9-11-16)17-12-13-6-7-13/h1-5,8-11,13H,6-7,12H2. The molecule has 1 aliphatic rings. The average Bonchev–Trinajstić information content (AvgIpc) is 3.23. The van der Waals surface area contributed by atoms with Gasteiger partial charge in [0, 0.05) is 0 Å². The molecule has 2 aromatic carbocycles. The molecule has 2 heteroatoms. The zero-order valence-corrected chi connectivity index (χ0v) is 10.2. The molecule has 1 saturated carbocycles. The van der Waals surface area contributed by atoms with Crippen molar-refractivity contribution >= 4 is 0 Å². The fourth-order valence-electron chi connectivity index (χ4n) is 1.73. The van der Waals surface area contributed by atoms with Crippen LogP contribution in [0.25, 0.3) is 0 Å². The first kappa shape index (κ1) is 11.1. The van der Waals surface area contributed by atoms with Crippen molar-refractivity contribution in [1.82, 2.24) is 0 Å². The topological polar surface area (TPSA) is 18.5 Å². The van der Waals surface area contributed by atoms with Gasteiger partial charge in [-0.1, -0.05) is 18.2 Å². The maximum absolute atomic E-state index is 5.72. The number of benzene rings is 2. The summed E-state index contributed by atoms with van der Waals surface area (Å²) in [5.41, 5.74) is 0. The third-order valence-electron chi connectivity index (χ3n) is 2.99. The van der Waals surface area contributed by atoms with Crippen LogP contribution in [0, 0.1) is 5.92 Å². The first-order valence-electron chi connectivity index (χ1n) is 6.36. The predicted molar refractivity (Wildman–Crippen MR) is 71.2 cm³/mol. The number of hydrogen-bond acceptors (Lipinski definition) is 2. The monoisotopic (exact) mass is 240 g/mol. The van der Waals surface area contributed by atoms with Crippen molar-refractivity contribution in [3.8, 4) is 17.2 Å². The van der Waals surface area contributed by atoms with Crippen LogP contribution < -0.4 is 9.47 Å². The average molecular weight is 240 g/mol. The lowest BCUT2D eigenvalue weighted by Gasteiger charge is -2.07. The van der Waals surface area contributed by atoms with E-state index in [2.05, 4.69) is 0 Å². The second kappa shape index (κ2) is 5.13. The maximum atomic E-state index is 5.72. The van der Waals surface area contributed by atoms with Gasteiger partial charge in [0.1, 0.15) is 17.2 Å². The molecule has 2 nitrogen and oxygen atoms in total. The van der Waals surface area contributed by atoms with Crippen molar-refractivity contribution in [3.05, 3.63) is 54.6 Å². The Labute approximate surface area is 107 Å².